The molecule has 6 heteroatoms. The van der Waals surface area contributed by atoms with E-state index >= 15 is 0 Å². The minimum atomic E-state index is -0.579. The molecule has 0 aromatic heterocycles. The van der Waals surface area contributed by atoms with Crippen LogP contribution in [0.1, 0.15) is 43.0 Å². The standard InChI is InChI=1S/C16H21FN2O3/c1-2-22-14-11(7-5-8-12(14)17)16(21)19-13-9-4-3-6-10(13)15(18)20/h5,7-8,10,13H,2-4,6,9H2,1H3,(H2,18,20)(H,19,21)/t10-,13-/m1/s1. The predicted octanol–water partition coefficient (Wildman–Crippen LogP) is 2.00. The van der Waals surface area contributed by atoms with Gasteiger partial charge >= 0.3 is 0 Å². The number of ether oxygens (including phenoxy) is 1. The number of hydrogen-bond acceptors (Lipinski definition) is 3. The summed E-state index contributed by atoms with van der Waals surface area (Å²) in [5.41, 5.74) is 5.53. The van der Waals surface area contributed by atoms with Crippen LogP contribution in [0.5, 0.6) is 5.75 Å². The molecule has 2 rings (SSSR count). The third-order valence-corrected chi connectivity index (χ3v) is 3.95. The lowest BCUT2D eigenvalue weighted by molar-refractivity contribution is -0.123. The van der Waals surface area contributed by atoms with Gasteiger partial charge in [0.1, 0.15) is 0 Å². The monoisotopic (exact) mass is 308 g/mol. The second-order valence-corrected chi connectivity index (χ2v) is 5.42. The van der Waals surface area contributed by atoms with Gasteiger partial charge in [0.15, 0.2) is 11.6 Å². The number of hydrogen-bond donors (Lipinski definition) is 2. The van der Waals surface area contributed by atoms with Crippen molar-refractivity contribution in [3.63, 3.8) is 0 Å². The maximum Gasteiger partial charge on any atom is 0.255 e. The summed E-state index contributed by atoms with van der Waals surface area (Å²) in [7, 11) is 0. The number of carbonyl (C=O) groups is 2. The summed E-state index contributed by atoms with van der Waals surface area (Å²) in [6, 6.07) is 3.90. The van der Waals surface area contributed by atoms with Crippen LogP contribution in [-0.2, 0) is 4.79 Å². The van der Waals surface area contributed by atoms with Crippen LogP contribution in [0.25, 0.3) is 0 Å². The van der Waals surface area contributed by atoms with E-state index in [4.69, 9.17) is 10.5 Å². The third-order valence-electron chi connectivity index (χ3n) is 3.95. The summed E-state index contributed by atoms with van der Waals surface area (Å²) in [6.45, 7) is 1.98. The molecular formula is C16H21FN2O3. The van der Waals surface area contributed by atoms with Crippen LogP contribution in [0.3, 0.4) is 0 Å². The van der Waals surface area contributed by atoms with Crippen molar-refractivity contribution in [2.24, 2.45) is 11.7 Å². The Morgan fingerprint density at radius 1 is 1.36 bits per heavy atom. The molecule has 1 aliphatic carbocycles. The molecule has 2 amide bonds. The number of rotatable bonds is 5. The van der Waals surface area contributed by atoms with Gasteiger partial charge in [-0.05, 0) is 31.9 Å². The van der Waals surface area contributed by atoms with E-state index in [9.17, 15) is 14.0 Å². The summed E-state index contributed by atoms with van der Waals surface area (Å²) in [4.78, 5) is 23.9. The molecule has 0 unspecified atom stereocenters. The molecular weight excluding hydrogens is 287 g/mol. The molecule has 1 fully saturated rings. The van der Waals surface area contributed by atoms with E-state index in [-0.39, 0.29) is 29.9 Å². The van der Waals surface area contributed by atoms with Crippen LogP contribution in [-0.4, -0.2) is 24.5 Å². The third kappa shape index (κ3) is 3.55. The van der Waals surface area contributed by atoms with Crippen LogP contribution in [0.4, 0.5) is 4.39 Å². The zero-order valence-electron chi connectivity index (χ0n) is 12.6. The minimum absolute atomic E-state index is 0.0612. The SMILES string of the molecule is CCOc1c(F)cccc1C(=O)N[C@@H]1CCCC[C@H]1C(N)=O. The Kier molecular flexibility index (Phi) is 5.35. The molecule has 0 radical (unpaired) electrons. The average Bonchev–Trinajstić information content (AvgIpc) is 2.49. The summed E-state index contributed by atoms with van der Waals surface area (Å²) in [6.07, 6.45) is 3.21. The largest absolute Gasteiger partial charge is 0.490 e. The first-order valence-electron chi connectivity index (χ1n) is 7.56. The van der Waals surface area contributed by atoms with Crippen LogP contribution in [0, 0.1) is 11.7 Å². The van der Waals surface area contributed by atoms with Gasteiger partial charge in [-0.3, -0.25) is 9.59 Å². The zero-order valence-corrected chi connectivity index (χ0v) is 12.6. The number of carbonyl (C=O) groups excluding carboxylic acids is 2. The molecule has 1 aromatic rings. The molecule has 3 N–H and O–H groups in total. The first-order chi connectivity index (χ1) is 10.5. The van der Waals surface area contributed by atoms with Gasteiger partial charge in [0, 0.05) is 6.04 Å². The molecule has 1 aromatic carbocycles. The number of amides is 2. The molecule has 1 saturated carbocycles. The van der Waals surface area contributed by atoms with Gasteiger partial charge in [0.2, 0.25) is 5.91 Å². The molecule has 0 bridgehead atoms. The Balaban J connectivity index is 2.18. The highest BCUT2D eigenvalue weighted by atomic mass is 19.1. The average molecular weight is 308 g/mol. The molecule has 1 aliphatic rings. The quantitative estimate of drug-likeness (QED) is 0.873. The van der Waals surface area contributed by atoms with Gasteiger partial charge in [-0.2, -0.15) is 0 Å². The van der Waals surface area contributed by atoms with Crippen LogP contribution >= 0.6 is 0 Å². The van der Waals surface area contributed by atoms with Gasteiger partial charge in [0.25, 0.3) is 5.91 Å². The van der Waals surface area contributed by atoms with Crippen molar-refractivity contribution in [1.29, 1.82) is 0 Å². The van der Waals surface area contributed by atoms with Gasteiger partial charge in [0.05, 0.1) is 18.1 Å². The second-order valence-electron chi connectivity index (χ2n) is 5.42. The van der Waals surface area contributed by atoms with Gasteiger partial charge in [-0.25, -0.2) is 4.39 Å². The van der Waals surface area contributed by atoms with E-state index in [0.29, 0.717) is 12.8 Å². The Bertz CT molecular complexity index is 562. The zero-order chi connectivity index (χ0) is 16.1. The molecule has 0 saturated heterocycles. The molecule has 0 aliphatic heterocycles. The fourth-order valence-corrected chi connectivity index (χ4v) is 2.87. The Morgan fingerprint density at radius 2 is 2.09 bits per heavy atom. The highest BCUT2D eigenvalue weighted by Gasteiger charge is 2.31. The Hall–Kier alpha value is -2.11. The van der Waals surface area contributed by atoms with E-state index in [0.717, 1.165) is 12.8 Å². The summed E-state index contributed by atoms with van der Waals surface area (Å²) >= 11 is 0. The van der Waals surface area contributed by atoms with Gasteiger partial charge < -0.3 is 15.8 Å². The summed E-state index contributed by atoms with van der Waals surface area (Å²) < 4.78 is 19.0. The van der Waals surface area contributed by atoms with Gasteiger partial charge in [-0.15, -0.1) is 0 Å². The van der Waals surface area contributed by atoms with E-state index < -0.39 is 17.6 Å². The van der Waals surface area contributed by atoms with Crippen LogP contribution < -0.4 is 15.8 Å². The molecule has 0 heterocycles. The van der Waals surface area contributed by atoms with Crippen molar-refractivity contribution in [1.82, 2.24) is 5.32 Å². The lowest BCUT2D eigenvalue weighted by Gasteiger charge is -2.30. The number of nitrogens with two attached hydrogens (primary N) is 1. The van der Waals surface area contributed by atoms with Crippen molar-refractivity contribution >= 4 is 11.8 Å². The molecule has 5 nitrogen and oxygen atoms in total. The van der Waals surface area contributed by atoms with Crippen molar-refractivity contribution in [3.05, 3.63) is 29.6 Å². The van der Waals surface area contributed by atoms with E-state index in [1.165, 1.54) is 18.2 Å². The van der Waals surface area contributed by atoms with Crippen LogP contribution in [0.15, 0.2) is 18.2 Å². The lowest BCUT2D eigenvalue weighted by Crippen LogP contribution is -2.47. The first-order valence-corrected chi connectivity index (χ1v) is 7.56. The number of nitrogens with one attached hydrogen (secondary N) is 1. The minimum Gasteiger partial charge on any atom is -0.490 e. The molecule has 22 heavy (non-hydrogen) atoms. The Morgan fingerprint density at radius 3 is 2.77 bits per heavy atom. The Labute approximate surface area is 129 Å². The van der Waals surface area contributed by atoms with Crippen LogP contribution in [0.2, 0.25) is 0 Å². The topological polar surface area (TPSA) is 81.4 Å². The normalized spacial score (nSPS) is 21.2. The van der Waals surface area contributed by atoms with Crippen molar-refractivity contribution in [2.45, 2.75) is 38.6 Å². The number of primary amides is 1. The highest BCUT2D eigenvalue weighted by Crippen LogP contribution is 2.26. The summed E-state index contributed by atoms with van der Waals surface area (Å²) in [5.74, 6) is -1.87. The smallest absolute Gasteiger partial charge is 0.255 e. The molecule has 2 atom stereocenters. The predicted molar refractivity (Wildman–Crippen MR) is 80.0 cm³/mol. The number of para-hydroxylation sites is 1. The number of halogens is 1. The number of benzene rings is 1. The fraction of sp³-hybridized carbons (Fsp3) is 0.500. The first kappa shape index (κ1) is 16.3. The van der Waals surface area contributed by atoms with Gasteiger partial charge in [-0.1, -0.05) is 18.9 Å². The second kappa shape index (κ2) is 7.24. The van der Waals surface area contributed by atoms with E-state index in [2.05, 4.69) is 5.32 Å². The summed E-state index contributed by atoms with van der Waals surface area (Å²) in [5, 5.41) is 2.81. The lowest BCUT2D eigenvalue weighted by atomic mass is 9.84. The van der Waals surface area contributed by atoms with E-state index in [1.54, 1.807) is 6.92 Å². The fourth-order valence-electron chi connectivity index (χ4n) is 2.87. The van der Waals surface area contributed by atoms with Crippen molar-refractivity contribution < 1.29 is 18.7 Å². The molecule has 0 spiro atoms. The maximum absolute atomic E-state index is 13.8. The van der Waals surface area contributed by atoms with Crippen molar-refractivity contribution in [3.8, 4) is 5.75 Å². The highest BCUT2D eigenvalue weighted by molar-refractivity contribution is 5.97. The maximum atomic E-state index is 13.8. The van der Waals surface area contributed by atoms with E-state index in [1.807, 2.05) is 0 Å². The molecule has 120 valence electrons. The van der Waals surface area contributed by atoms with Crippen molar-refractivity contribution in [2.75, 3.05) is 6.61 Å².